The van der Waals surface area contributed by atoms with Gasteiger partial charge in [-0.25, -0.2) is 4.98 Å². The van der Waals surface area contributed by atoms with Crippen LogP contribution in [0.15, 0.2) is 42.1 Å². The first-order chi connectivity index (χ1) is 9.52. The number of nitrogens with one attached hydrogen (secondary N) is 1. The van der Waals surface area contributed by atoms with E-state index in [0.717, 1.165) is 16.9 Å². The van der Waals surface area contributed by atoms with Crippen molar-refractivity contribution in [2.24, 2.45) is 0 Å². The Balaban J connectivity index is 2.00. The molecule has 0 atom stereocenters. The second kappa shape index (κ2) is 6.48. The number of nitrogens with zero attached hydrogens (tertiary/aromatic N) is 1. The van der Waals surface area contributed by atoms with E-state index in [-0.39, 0.29) is 5.91 Å². The van der Waals surface area contributed by atoms with E-state index in [1.165, 1.54) is 22.5 Å². The van der Waals surface area contributed by atoms with Gasteiger partial charge in [-0.1, -0.05) is 35.4 Å². The highest BCUT2D eigenvalue weighted by molar-refractivity contribution is 7.15. The zero-order chi connectivity index (χ0) is 14.5. The van der Waals surface area contributed by atoms with Crippen LogP contribution < -0.4 is 5.32 Å². The van der Waals surface area contributed by atoms with Crippen LogP contribution in [0.1, 0.15) is 29.9 Å². The number of benzene rings is 1. The minimum Gasteiger partial charge on any atom is -0.298 e. The van der Waals surface area contributed by atoms with Crippen molar-refractivity contribution in [1.29, 1.82) is 0 Å². The van der Waals surface area contributed by atoms with Crippen LogP contribution in [-0.4, -0.2) is 10.9 Å². The van der Waals surface area contributed by atoms with Gasteiger partial charge in [-0.3, -0.25) is 10.1 Å². The fraction of sp³-hybridized carbons (Fsp3) is 0.250. The molecule has 0 saturated carbocycles. The molecule has 0 radical (unpaired) electrons. The number of carbonyl (C=O) groups excluding carboxylic acids is 1. The number of hydrogen-bond donors (Lipinski definition) is 1. The molecule has 0 aliphatic rings. The van der Waals surface area contributed by atoms with Crippen LogP contribution in [0.2, 0.25) is 0 Å². The molecule has 1 N–H and O–H groups in total. The van der Waals surface area contributed by atoms with Crippen LogP contribution in [0, 0.1) is 6.92 Å². The molecule has 1 amide bonds. The Morgan fingerprint density at radius 3 is 2.65 bits per heavy atom. The third kappa shape index (κ3) is 4.31. The molecule has 1 aromatic carbocycles. The predicted octanol–water partition coefficient (Wildman–Crippen LogP) is 3.95. The largest absolute Gasteiger partial charge is 0.298 e. The molecule has 1 heterocycles. The molecule has 0 fully saturated rings. The normalized spacial score (nSPS) is 10.2. The van der Waals surface area contributed by atoms with Gasteiger partial charge >= 0.3 is 0 Å². The van der Waals surface area contributed by atoms with Crippen LogP contribution in [0.4, 0.5) is 5.13 Å². The first-order valence-corrected chi connectivity index (χ1v) is 7.31. The standard InChI is InChI=1S/C16H18N2OS/c1-11(2)8-15(19)18-16-17-10-14(20-16)9-13-6-4-12(3)5-7-13/h4-8,10H,9H2,1-3H3,(H,17,18,19). The highest BCUT2D eigenvalue weighted by Crippen LogP contribution is 2.21. The quantitative estimate of drug-likeness (QED) is 0.865. The van der Waals surface area contributed by atoms with E-state index in [0.29, 0.717) is 5.13 Å². The summed E-state index contributed by atoms with van der Waals surface area (Å²) in [5.41, 5.74) is 3.48. The first kappa shape index (κ1) is 14.5. The van der Waals surface area contributed by atoms with Crippen molar-refractivity contribution in [1.82, 2.24) is 4.98 Å². The minimum atomic E-state index is -0.124. The van der Waals surface area contributed by atoms with Crippen LogP contribution >= 0.6 is 11.3 Å². The van der Waals surface area contributed by atoms with Gasteiger partial charge in [-0.2, -0.15) is 0 Å². The molecule has 0 unspecified atom stereocenters. The summed E-state index contributed by atoms with van der Waals surface area (Å²) in [6.45, 7) is 5.86. The van der Waals surface area contributed by atoms with Gasteiger partial charge in [0, 0.05) is 23.6 Å². The van der Waals surface area contributed by atoms with Crippen LogP contribution in [0.3, 0.4) is 0 Å². The van der Waals surface area contributed by atoms with E-state index < -0.39 is 0 Å². The van der Waals surface area contributed by atoms with E-state index in [1.807, 2.05) is 20.0 Å². The van der Waals surface area contributed by atoms with Gasteiger partial charge in [-0.05, 0) is 26.3 Å². The molecule has 2 rings (SSSR count). The second-order valence-electron chi connectivity index (χ2n) is 5.01. The third-order valence-corrected chi connectivity index (χ3v) is 3.62. The maximum Gasteiger partial charge on any atom is 0.250 e. The number of anilines is 1. The zero-order valence-electron chi connectivity index (χ0n) is 11.9. The van der Waals surface area contributed by atoms with E-state index in [4.69, 9.17) is 0 Å². The monoisotopic (exact) mass is 286 g/mol. The van der Waals surface area contributed by atoms with E-state index >= 15 is 0 Å². The average molecular weight is 286 g/mol. The van der Waals surface area contributed by atoms with Gasteiger partial charge in [0.05, 0.1) is 0 Å². The van der Waals surface area contributed by atoms with Crippen molar-refractivity contribution in [3.05, 3.63) is 58.1 Å². The summed E-state index contributed by atoms with van der Waals surface area (Å²) in [5.74, 6) is -0.124. The number of aryl methyl sites for hydroxylation is 1. The van der Waals surface area contributed by atoms with Gasteiger partial charge in [0.15, 0.2) is 5.13 Å². The Morgan fingerprint density at radius 2 is 2.00 bits per heavy atom. The van der Waals surface area contributed by atoms with Crippen molar-refractivity contribution in [2.75, 3.05) is 5.32 Å². The zero-order valence-corrected chi connectivity index (χ0v) is 12.8. The molecular weight excluding hydrogens is 268 g/mol. The van der Waals surface area contributed by atoms with Gasteiger partial charge in [0.2, 0.25) is 5.91 Å². The average Bonchev–Trinajstić information content (AvgIpc) is 2.78. The fourth-order valence-corrected chi connectivity index (χ4v) is 2.61. The lowest BCUT2D eigenvalue weighted by Crippen LogP contribution is -2.07. The summed E-state index contributed by atoms with van der Waals surface area (Å²) < 4.78 is 0. The fourth-order valence-electron chi connectivity index (χ4n) is 1.76. The smallest absolute Gasteiger partial charge is 0.250 e. The predicted molar refractivity (Wildman–Crippen MR) is 84.2 cm³/mol. The van der Waals surface area contributed by atoms with Gasteiger partial charge in [-0.15, -0.1) is 11.3 Å². The lowest BCUT2D eigenvalue weighted by molar-refractivity contribution is -0.111. The summed E-state index contributed by atoms with van der Waals surface area (Å²) in [4.78, 5) is 17.0. The molecule has 0 spiro atoms. The molecule has 0 bridgehead atoms. The molecular formula is C16H18N2OS. The van der Waals surface area contributed by atoms with Crippen molar-refractivity contribution in [2.45, 2.75) is 27.2 Å². The first-order valence-electron chi connectivity index (χ1n) is 6.49. The number of aromatic nitrogens is 1. The summed E-state index contributed by atoms with van der Waals surface area (Å²) >= 11 is 1.52. The lowest BCUT2D eigenvalue weighted by atomic mass is 10.1. The summed E-state index contributed by atoms with van der Waals surface area (Å²) in [6, 6.07) is 8.45. The number of hydrogen-bond acceptors (Lipinski definition) is 3. The van der Waals surface area contributed by atoms with Crippen LogP contribution in [0.5, 0.6) is 0 Å². The van der Waals surface area contributed by atoms with Crippen LogP contribution in [-0.2, 0) is 11.2 Å². The van der Waals surface area contributed by atoms with Crippen molar-refractivity contribution in [3.8, 4) is 0 Å². The minimum absolute atomic E-state index is 0.124. The van der Waals surface area contributed by atoms with Crippen molar-refractivity contribution in [3.63, 3.8) is 0 Å². The van der Waals surface area contributed by atoms with Gasteiger partial charge < -0.3 is 0 Å². The number of carbonyl (C=O) groups is 1. The molecule has 0 aliphatic heterocycles. The highest BCUT2D eigenvalue weighted by Gasteiger charge is 2.05. The SMILES string of the molecule is CC(C)=CC(=O)Nc1ncc(Cc2ccc(C)cc2)s1. The Morgan fingerprint density at radius 1 is 1.30 bits per heavy atom. The number of amides is 1. The molecule has 104 valence electrons. The van der Waals surface area contributed by atoms with E-state index in [9.17, 15) is 4.79 Å². The highest BCUT2D eigenvalue weighted by atomic mass is 32.1. The molecule has 3 nitrogen and oxygen atoms in total. The molecule has 1 aromatic heterocycles. The Hall–Kier alpha value is -1.94. The summed E-state index contributed by atoms with van der Waals surface area (Å²) in [6.07, 6.45) is 4.24. The Bertz CT molecular complexity index is 622. The lowest BCUT2D eigenvalue weighted by Gasteiger charge is -1.99. The van der Waals surface area contributed by atoms with Crippen molar-refractivity contribution >= 4 is 22.4 Å². The van der Waals surface area contributed by atoms with Crippen molar-refractivity contribution < 1.29 is 4.79 Å². The Kier molecular flexibility index (Phi) is 4.69. The molecule has 20 heavy (non-hydrogen) atoms. The third-order valence-electron chi connectivity index (χ3n) is 2.70. The molecule has 0 aliphatic carbocycles. The topological polar surface area (TPSA) is 42.0 Å². The maximum atomic E-state index is 11.6. The number of allylic oxidation sites excluding steroid dienone is 1. The van der Waals surface area contributed by atoms with Gasteiger partial charge in [0.25, 0.3) is 0 Å². The van der Waals surface area contributed by atoms with Gasteiger partial charge in [0.1, 0.15) is 0 Å². The molecule has 2 aromatic rings. The Labute approximate surface area is 123 Å². The maximum absolute atomic E-state index is 11.6. The van der Waals surface area contributed by atoms with Crippen LogP contribution in [0.25, 0.3) is 0 Å². The van der Waals surface area contributed by atoms with E-state index in [1.54, 1.807) is 6.08 Å². The number of rotatable bonds is 4. The molecule has 0 saturated heterocycles. The summed E-state index contributed by atoms with van der Waals surface area (Å²) in [5, 5.41) is 3.43. The van der Waals surface area contributed by atoms with E-state index in [2.05, 4.69) is 41.5 Å². The summed E-state index contributed by atoms with van der Waals surface area (Å²) in [7, 11) is 0. The molecule has 4 heteroatoms. The number of thiazole rings is 1. The second-order valence-corrected chi connectivity index (χ2v) is 6.12.